The molecule has 4 N–H and O–H groups in total. The van der Waals surface area contributed by atoms with E-state index in [9.17, 15) is 18.8 Å². The van der Waals surface area contributed by atoms with E-state index in [1.165, 1.54) is 18.2 Å². The van der Waals surface area contributed by atoms with E-state index >= 15 is 0 Å². The molecule has 11 nitrogen and oxygen atoms in total. The molecule has 2 heterocycles. The van der Waals surface area contributed by atoms with Crippen LogP contribution in [0.25, 0.3) is 11.4 Å². The zero-order valence-electron chi connectivity index (χ0n) is 16.4. The van der Waals surface area contributed by atoms with Gasteiger partial charge in [0.2, 0.25) is 6.54 Å². The number of nitrogens with zero attached hydrogens (tertiary/aromatic N) is 4. The monoisotopic (exact) mass is 428 g/mol. The van der Waals surface area contributed by atoms with Gasteiger partial charge in [0.1, 0.15) is 18.1 Å². The quantitative estimate of drug-likeness (QED) is 0.360. The molecule has 0 aliphatic carbocycles. The molecule has 2 aromatic heterocycles. The van der Waals surface area contributed by atoms with Crippen LogP contribution in [0.3, 0.4) is 0 Å². The predicted molar refractivity (Wildman–Crippen MR) is 103 cm³/mol. The Morgan fingerprint density at radius 1 is 1.16 bits per heavy atom. The molecule has 0 saturated heterocycles. The lowest BCUT2D eigenvalue weighted by Gasteiger charge is -2.06. The summed E-state index contributed by atoms with van der Waals surface area (Å²) in [5.74, 6) is -2.27. The van der Waals surface area contributed by atoms with Gasteiger partial charge in [-0.2, -0.15) is 0 Å². The van der Waals surface area contributed by atoms with Gasteiger partial charge in [0.15, 0.2) is 0 Å². The number of aliphatic carboxylic acids is 1. The molecule has 2 amide bonds. The topological polar surface area (TPSA) is 154 Å². The van der Waals surface area contributed by atoms with Crippen LogP contribution in [0.5, 0.6) is 0 Å². The lowest BCUT2D eigenvalue weighted by Crippen LogP contribution is -2.47. The summed E-state index contributed by atoms with van der Waals surface area (Å²) in [6.07, 6.45) is 0. The molecule has 3 rings (SSSR count). The molecule has 0 spiro atoms. The number of hydrogen-bond acceptors (Lipinski definition) is 6. The third-order valence-corrected chi connectivity index (χ3v) is 4.03. The Balaban J connectivity index is 1.68. The van der Waals surface area contributed by atoms with Crippen molar-refractivity contribution >= 4 is 17.8 Å². The number of carbonyl (C=O) groups excluding carboxylic acids is 2. The summed E-state index contributed by atoms with van der Waals surface area (Å²) < 4.78 is 13.0. The number of tetrazole rings is 1. The normalized spacial score (nSPS) is 10.5. The van der Waals surface area contributed by atoms with Gasteiger partial charge in [0.25, 0.3) is 11.8 Å². The van der Waals surface area contributed by atoms with Crippen LogP contribution >= 0.6 is 0 Å². The fraction of sp³-hybridized carbons (Fsp3) is 0.211. The van der Waals surface area contributed by atoms with E-state index in [4.69, 9.17) is 5.11 Å². The van der Waals surface area contributed by atoms with Crippen molar-refractivity contribution in [2.24, 2.45) is 0 Å². The van der Waals surface area contributed by atoms with Crippen LogP contribution in [0, 0.1) is 12.7 Å². The molecule has 0 fully saturated rings. The van der Waals surface area contributed by atoms with E-state index in [-0.39, 0.29) is 30.4 Å². The molecule has 3 aromatic rings. The second-order valence-electron chi connectivity index (χ2n) is 6.56. The molecule has 0 bridgehead atoms. The van der Waals surface area contributed by atoms with Gasteiger partial charge >= 0.3 is 11.8 Å². The molecule has 0 radical (unpaired) electrons. The first kappa shape index (κ1) is 21.5. The van der Waals surface area contributed by atoms with Crippen molar-refractivity contribution in [1.29, 1.82) is 0 Å². The Hall–Kier alpha value is -4.22. The maximum Gasteiger partial charge on any atom is 0.338 e. The van der Waals surface area contributed by atoms with Gasteiger partial charge in [0, 0.05) is 12.2 Å². The van der Waals surface area contributed by atoms with E-state index in [1.807, 2.05) is 0 Å². The van der Waals surface area contributed by atoms with Crippen molar-refractivity contribution in [3.05, 3.63) is 59.2 Å². The van der Waals surface area contributed by atoms with Crippen LogP contribution in [0.1, 0.15) is 21.7 Å². The number of H-pyrrole nitrogens is 1. The summed E-state index contributed by atoms with van der Waals surface area (Å²) in [4.78, 5) is 40.0. The van der Waals surface area contributed by atoms with Crippen molar-refractivity contribution in [3.63, 3.8) is 0 Å². The van der Waals surface area contributed by atoms with E-state index in [0.29, 0.717) is 11.3 Å². The Labute approximate surface area is 175 Å². The number of aryl methyl sites for hydroxylation is 1. The molecule has 0 atom stereocenters. The van der Waals surface area contributed by atoms with Gasteiger partial charge in [-0.3, -0.25) is 14.4 Å². The summed E-state index contributed by atoms with van der Waals surface area (Å²) in [5, 5.41) is 24.2. The van der Waals surface area contributed by atoms with Crippen LogP contribution in [0.2, 0.25) is 0 Å². The van der Waals surface area contributed by atoms with Gasteiger partial charge in [-0.25, -0.2) is 9.37 Å². The lowest BCUT2D eigenvalue weighted by molar-refractivity contribution is -0.794. The minimum absolute atomic E-state index is 0.146. The molecule has 0 aliphatic rings. The number of nitrogens with one attached hydrogen (secondary N) is 3. The number of benzene rings is 1. The maximum atomic E-state index is 13.0. The highest BCUT2D eigenvalue weighted by Crippen LogP contribution is 2.15. The highest BCUT2D eigenvalue weighted by molar-refractivity contribution is 5.93. The lowest BCUT2D eigenvalue weighted by atomic mass is 10.1. The Bertz CT molecular complexity index is 1110. The fourth-order valence-corrected chi connectivity index (χ4v) is 2.61. The molecule has 0 unspecified atom stereocenters. The van der Waals surface area contributed by atoms with Crippen LogP contribution in [-0.2, 0) is 22.7 Å². The highest BCUT2D eigenvalue weighted by atomic mass is 19.1. The molecule has 160 valence electrons. The molecular weight excluding hydrogens is 409 g/mol. The Morgan fingerprint density at radius 2 is 1.90 bits per heavy atom. The number of aromatic amines is 1. The second kappa shape index (κ2) is 9.52. The number of carboxylic acids is 1. The largest absolute Gasteiger partial charge is 0.480 e. The van der Waals surface area contributed by atoms with Crippen LogP contribution in [0.4, 0.5) is 4.39 Å². The first-order valence-corrected chi connectivity index (χ1v) is 9.13. The van der Waals surface area contributed by atoms with Crippen molar-refractivity contribution in [1.82, 2.24) is 31.0 Å². The summed E-state index contributed by atoms with van der Waals surface area (Å²) >= 11 is 0. The van der Waals surface area contributed by atoms with Gasteiger partial charge in [-0.05, 0) is 47.1 Å². The predicted octanol–water partition coefficient (Wildman–Crippen LogP) is -0.267. The van der Waals surface area contributed by atoms with Crippen molar-refractivity contribution in [2.45, 2.75) is 20.0 Å². The number of aromatic nitrogens is 5. The minimum atomic E-state index is -1.16. The molecule has 1 aromatic carbocycles. The first-order valence-electron chi connectivity index (χ1n) is 9.13. The Kier molecular flexibility index (Phi) is 6.60. The second-order valence-corrected chi connectivity index (χ2v) is 6.56. The van der Waals surface area contributed by atoms with E-state index in [2.05, 4.69) is 31.0 Å². The van der Waals surface area contributed by atoms with E-state index in [1.54, 1.807) is 25.1 Å². The van der Waals surface area contributed by atoms with Crippen molar-refractivity contribution in [2.75, 3.05) is 6.54 Å². The van der Waals surface area contributed by atoms with Gasteiger partial charge in [0.05, 0.1) is 10.7 Å². The van der Waals surface area contributed by atoms with Crippen LogP contribution < -0.4 is 15.4 Å². The maximum absolute atomic E-state index is 13.0. The average Bonchev–Trinajstić information content (AvgIpc) is 3.19. The number of rotatable bonds is 8. The summed E-state index contributed by atoms with van der Waals surface area (Å²) in [6.45, 7) is 1.16. The summed E-state index contributed by atoms with van der Waals surface area (Å²) in [5.41, 5.74) is 1.94. The number of pyridine rings is 1. The zero-order chi connectivity index (χ0) is 22.4. The number of hydrogen-bond donors (Lipinski definition) is 4. The van der Waals surface area contributed by atoms with Gasteiger partial charge < -0.3 is 15.7 Å². The first-order chi connectivity index (χ1) is 14.8. The fourth-order valence-electron chi connectivity index (χ4n) is 2.61. The van der Waals surface area contributed by atoms with Crippen LogP contribution in [-0.4, -0.2) is 49.8 Å². The molecule has 31 heavy (non-hydrogen) atoms. The van der Waals surface area contributed by atoms with Crippen molar-refractivity contribution < 1.29 is 28.7 Å². The van der Waals surface area contributed by atoms with E-state index < -0.39 is 24.3 Å². The smallest absolute Gasteiger partial charge is 0.338 e. The third-order valence-electron chi connectivity index (χ3n) is 4.03. The molecule has 0 saturated carbocycles. The van der Waals surface area contributed by atoms with E-state index in [0.717, 1.165) is 10.4 Å². The standard InChI is InChI=1S/C19H18FN7O4/c1-11-6-13(18-24-26-27(25-18)10-16(28)21-9-17(29)30)7-15(23-11)19(31)22-8-12-2-4-14(20)5-3-12/h2-7H,8-10H2,1H3,(H3,21,22,28,29,30,31)/p+1. The SMILES string of the molecule is Cc1cc(-c2n[nH][n+](CC(=O)NCC(=O)O)n2)cc(C(=O)NCc2ccc(F)cc2)n1. The average molecular weight is 428 g/mol. The van der Waals surface area contributed by atoms with Crippen LogP contribution in [0.15, 0.2) is 36.4 Å². The third kappa shape index (κ3) is 6.13. The number of carboxylic acid groups (broad SMARTS) is 1. The molecular formula is C19H19FN7O4+. The molecule has 0 aliphatic heterocycles. The zero-order valence-corrected chi connectivity index (χ0v) is 16.4. The van der Waals surface area contributed by atoms with Gasteiger partial charge in [-0.15, -0.1) is 0 Å². The number of amides is 2. The number of halogens is 1. The molecule has 12 heteroatoms. The van der Waals surface area contributed by atoms with Gasteiger partial charge in [-0.1, -0.05) is 16.9 Å². The summed E-state index contributed by atoms with van der Waals surface area (Å²) in [7, 11) is 0. The van der Waals surface area contributed by atoms with Crippen molar-refractivity contribution in [3.8, 4) is 11.4 Å². The summed E-state index contributed by atoms with van der Waals surface area (Å²) in [6, 6.07) is 8.95. The Morgan fingerprint density at radius 3 is 2.61 bits per heavy atom. The minimum Gasteiger partial charge on any atom is -0.480 e. The number of carbonyl (C=O) groups is 3. The highest BCUT2D eigenvalue weighted by Gasteiger charge is 2.19.